The van der Waals surface area contributed by atoms with Crippen LogP contribution < -0.4 is 16.4 Å². The molecule has 4 N–H and O–H groups in total. The molecular weight excluding hydrogens is 340 g/mol. The van der Waals surface area contributed by atoms with Crippen molar-refractivity contribution < 1.29 is 9.59 Å². The predicted octanol–water partition coefficient (Wildman–Crippen LogP) is 3.55. The number of anilines is 3. The number of carbonyl (C=O) groups is 2. The average Bonchev–Trinajstić information content (AvgIpc) is 2.98. The number of rotatable bonds is 5. The molecular formula is C21H24N4O2. The van der Waals surface area contributed by atoms with Crippen molar-refractivity contribution in [1.29, 1.82) is 0 Å². The van der Waals surface area contributed by atoms with Crippen LogP contribution >= 0.6 is 0 Å². The Bertz CT molecular complexity index is 912. The highest BCUT2D eigenvalue weighted by Gasteiger charge is 2.26. The van der Waals surface area contributed by atoms with Gasteiger partial charge in [-0.2, -0.15) is 0 Å². The highest BCUT2D eigenvalue weighted by Crippen LogP contribution is 2.35. The predicted molar refractivity (Wildman–Crippen MR) is 109 cm³/mol. The minimum Gasteiger partial charge on any atom is -0.399 e. The molecule has 0 radical (unpaired) electrons. The minimum atomic E-state index is -0.158. The Balaban J connectivity index is 1.84. The van der Waals surface area contributed by atoms with Crippen molar-refractivity contribution in [2.45, 2.75) is 20.8 Å². The summed E-state index contributed by atoms with van der Waals surface area (Å²) in [5.74, 6) is -0.143. The number of nitrogens with zero attached hydrogens (tertiary/aromatic N) is 1. The van der Waals surface area contributed by atoms with Crippen LogP contribution in [0.1, 0.15) is 36.7 Å². The Kier molecular flexibility index (Phi) is 5.16. The number of hydrogen-bond donors (Lipinski definition) is 3. The number of amides is 2. The number of fused-ring (bicyclic) bond motifs is 1. The third kappa shape index (κ3) is 3.65. The SMILES string of the molecule is CCN(CC)C(=O)c1ccc(NC(C)=C2C(=O)Nc3ccc(N)cc32)cc1. The number of nitrogen functional groups attached to an aromatic ring is 1. The highest BCUT2D eigenvalue weighted by atomic mass is 16.2. The first-order valence-corrected chi connectivity index (χ1v) is 9.03. The summed E-state index contributed by atoms with van der Waals surface area (Å²) in [4.78, 5) is 26.5. The lowest BCUT2D eigenvalue weighted by Gasteiger charge is -2.18. The monoisotopic (exact) mass is 364 g/mol. The average molecular weight is 364 g/mol. The van der Waals surface area contributed by atoms with E-state index in [1.165, 1.54) is 0 Å². The van der Waals surface area contributed by atoms with Gasteiger partial charge >= 0.3 is 0 Å². The minimum absolute atomic E-state index is 0.0150. The molecule has 0 fully saturated rings. The third-order valence-electron chi connectivity index (χ3n) is 4.68. The maximum atomic E-state index is 12.4. The van der Waals surface area contributed by atoms with Gasteiger partial charge in [0, 0.05) is 47.0 Å². The molecule has 0 bridgehead atoms. The molecule has 3 rings (SSSR count). The molecule has 140 valence electrons. The summed E-state index contributed by atoms with van der Waals surface area (Å²) in [6, 6.07) is 12.6. The lowest BCUT2D eigenvalue weighted by atomic mass is 10.0. The van der Waals surface area contributed by atoms with Gasteiger partial charge in [-0.25, -0.2) is 0 Å². The quantitative estimate of drug-likeness (QED) is 0.559. The zero-order valence-corrected chi connectivity index (χ0v) is 15.8. The number of hydrogen-bond acceptors (Lipinski definition) is 4. The van der Waals surface area contributed by atoms with Gasteiger partial charge < -0.3 is 21.3 Å². The Morgan fingerprint density at radius 1 is 1.11 bits per heavy atom. The van der Waals surface area contributed by atoms with E-state index < -0.39 is 0 Å². The van der Waals surface area contributed by atoms with E-state index in [-0.39, 0.29) is 11.8 Å². The van der Waals surface area contributed by atoms with Crippen LogP contribution in [0.2, 0.25) is 0 Å². The van der Waals surface area contributed by atoms with Gasteiger partial charge in [0.2, 0.25) is 0 Å². The zero-order valence-electron chi connectivity index (χ0n) is 15.8. The van der Waals surface area contributed by atoms with Crippen molar-refractivity contribution in [3.63, 3.8) is 0 Å². The summed E-state index contributed by atoms with van der Waals surface area (Å²) in [5.41, 5.74) is 10.8. The van der Waals surface area contributed by atoms with Gasteiger partial charge in [0.25, 0.3) is 11.8 Å². The van der Waals surface area contributed by atoms with Crippen molar-refractivity contribution in [3.05, 3.63) is 59.3 Å². The molecule has 0 spiro atoms. The van der Waals surface area contributed by atoms with E-state index in [2.05, 4.69) is 10.6 Å². The molecule has 6 heteroatoms. The van der Waals surface area contributed by atoms with E-state index in [0.717, 1.165) is 22.6 Å². The molecule has 27 heavy (non-hydrogen) atoms. The standard InChI is InChI=1S/C21H24N4O2/c1-4-25(5-2)21(27)14-6-9-16(10-7-14)23-13(3)19-17-12-15(22)8-11-18(17)24-20(19)26/h6-12,23H,4-5,22H2,1-3H3,(H,24,26). The van der Waals surface area contributed by atoms with E-state index in [0.29, 0.717) is 29.9 Å². The Morgan fingerprint density at radius 2 is 1.78 bits per heavy atom. The summed E-state index contributed by atoms with van der Waals surface area (Å²) < 4.78 is 0. The molecule has 6 nitrogen and oxygen atoms in total. The number of benzene rings is 2. The first-order valence-electron chi connectivity index (χ1n) is 9.03. The number of nitrogens with one attached hydrogen (secondary N) is 2. The van der Waals surface area contributed by atoms with Crippen LogP contribution in [0.5, 0.6) is 0 Å². The maximum absolute atomic E-state index is 12.4. The van der Waals surface area contributed by atoms with Crippen LogP contribution in [0.4, 0.5) is 17.1 Å². The highest BCUT2D eigenvalue weighted by molar-refractivity contribution is 6.32. The molecule has 1 aliphatic heterocycles. The topological polar surface area (TPSA) is 87.5 Å². The van der Waals surface area contributed by atoms with Gasteiger partial charge in [0.15, 0.2) is 0 Å². The van der Waals surface area contributed by atoms with Gasteiger partial charge in [-0.15, -0.1) is 0 Å². The summed E-state index contributed by atoms with van der Waals surface area (Å²) in [6.07, 6.45) is 0. The van der Waals surface area contributed by atoms with Crippen LogP contribution in [0, 0.1) is 0 Å². The first kappa shape index (κ1) is 18.5. The fourth-order valence-corrected chi connectivity index (χ4v) is 3.23. The number of allylic oxidation sites excluding steroid dienone is 1. The third-order valence-corrected chi connectivity index (χ3v) is 4.68. The zero-order chi connectivity index (χ0) is 19.6. The van der Waals surface area contributed by atoms with Crippen LogP contribution in [-0.2, 0) is 4.79 Å². The Morgan fingerprint density at radius 3 is 2.41 bits per heavy atom. The summed E-state index contributed by atoms with van der Waals surface area (Å²) in [6.45, 7) is 7.13. The summed E-state index contributed by atoms with van der Waals surface area (Å²) in [7, 11) is 0. The van der Waals surface area contributed by atoms with Gasteiger partial charge in [-0.1, -0.05) is 0 Å². The molecule has 2 aromatic rings. The van der Waals surface area contributed by atoms with E-state index in [1.54, 1.807) is 35.2 Å². The lowest BCUT2D eigenvalue weighted by Crippen LogP contribution is -2.30. The first-order chi connectivity index (χ1) is 12.9. The fraction of sp³-hybridized carbons (Fsp3) is 0.238. The largest absolute Gasteiger partial charge is 0.399 e. The van der Waals surface area contributed by atoms with E-state index >= 15 is 0 Å². The van der Waals surface area contributed by atoms with Gasteiger partial charge in [-0.3, -0.25) is 9.59 Å². The molecule has 0 aliphatic carbocycles. The summed E-state index contributed by atoms with van der Waals surface area (Å²) in [5, 5.41) is 6.10. The van der Waals surface area contributed by atoms with E-state index in [4.69, 9.17) is 5.73 Å². The van der Waals surface area contributed by atoms with Gasteiger partial charge in [-0.05, 0) is 63.2 Å². The van der Waals surface area contributed by atoms with Crippen LogP contribution in [0.3, 0.4) is 0 Å². The molecule has 2 amide bonds. The second kappa shape index (κ2) is 7.53. The Hall–Kier alpha value is -3.28. The van der Waals surface area contributed by atoms with Crippen molar-refractivity contribution in [1.82, 2.24) is 4.90 Å². The molecule has 0 unspecified atom stereocenters. The van der Waals surface area contributed by atoms with E-state index in [1.807, 2.05) is 32.9 Å². The smallest absolute Gasteiger partial charge is 0.258 e. The number of nitrogens with two attached hydrogens (primary N) is 1. The van der Waals surface area contributed by atoms with Crippen LogP contribution in [0.25, 0.3) is 5.57 Å². The molecule has 2 aromatic carbocycles. The molecule has 0 aromatic heterocycles. The normalized spacial score (nSPS) is 14.4. The van der Waals surface area contributed by atoms with Crippen molar-refractivity contribution in [2.24, 2.45) is 0 Å². The maximum Gasteiger partial charge on any atom is 0.258 e. The fourth-order valence-electron chi connectivity index (χ4n) is 3.23. The molecule has 0 atom stereocenters. The van der Waals surface area contributed by atoms with Crippen LogP contribution in [0.15, 0.2) is 48.2 Å². The molecule has 1 aliphatic rings. The molecule has 0 saturated heterocycles. The van der Waals surface area contributed by atoms with Crippen molar-refractivity contribution in [3.8, 4) is 0 Å². The summed E-state index contributed by atoms with van der Waals surface area (Å²) >= 11 is 0. The lowest BCUT2D eigenvalue weighted by molar-refractivity contribution is -0.110. The van der Waals surface area contributed by atoms with Crippen LogP contribution in [-0.4, -0.2) is 29.8 Å². The molecule has 1 heterocycles. The molecule has 0 saturated carbocycles. The van der Waals surface area contributed by atoms with Crippen molar-refractivity contribution >= 4 is 34.4 Å². The Labute approximate surface area is 159 Å². The second-order valence-electron chi connectivity index (χ2n) is 6.44. The second-order valence-corrected chi connectivity index (χ2v) is 6.44. The van der Waals surface area contributed by atoms with Gasteiger partial charge in [0.1, 0.15) is 0 Å². The van der Waals surface area contributed by atoms with Gasteiger partial charge in [0.05, 0.1) is 5.57 Å². The van der Waals surface area contributed by atoms with Crippen molar-refractivity contribution in [2.75, 3.05) is 29.5 Å². The van der Waals surface area contributed by atoms with E-state index in [9.17, 15) is 9.59 Å². The number of carbonyl (C=O) groups excluding carboxylic acids is 2.